The van der Waals surface area contributed by atoms with Crippen LogP contribution in [0.4, 0.5) is 5.69 Å². The fourth-order valence-corrected chi connectivity index (χ4v) is 2.31. The molecule has 2 N–H and O–H groups in total. The summed E-state index contributed by atoms with van der Waals surface area (Å²) < 4.78 is 5.63. The van der Waals surface area contributed by atoms with Crippen LogP contribution in [0.5, 0.6) is 5.75 Å². The summed E-state index contributed by atoms with van der Waals surface area (Å²) in [7, 11) is 0. The molecule has 0 aromatic heterocycles. The Morgan fingerprint density at radius 2 is 1.62 bits per heavy atom. The van der Waals surface area contributed by atoms with E-state index in [-0.39, 0.29) is 17.4 Å². The van der Waals surface area contributed by atoms with Gasteiger partial charge in [-0.2, -0.15) is 0 Å². The van der Waals surface area contributed by atoms with Gasteiger partial charge in [0.25, 0.3) is 11.8 Å². The van der Waals surface area contributed by atoms with Gasteiger partial charge >= 0.3 is 0 Å². The van der Waals surface area contributed by atoms with E-state index in [1.807, 2.05) is 33.8 Å². The molecule has 5 nitrogen and oxygen atoms in total. The van der Waals surface area contributed by atoms with E-state index >= 15 is 0 Å². The smallest absolute Gasteiger partial charge is 0.259 e. The molecule has 0 aliphatic rings. The Morgan fingerprint density at radius 1 is 0.962 bits per heavy atom. The molecule has 0 heterocycles. The second-order valence-corrected chi connectivity index (χ2v) is 7.08. The van der Waals surface area contributed by atoms with Crippen LogP contribution in [0.25, 0.3) is 0 Å². The first-order valence-electron chi connectivity index (χ1n) is 8.76. The number of anilines is 1. The highest BCUT2D eigenvalue weighted by Crippen LogP contribution is 2.20. The van der Waals surface area contributed by atoms with Crippen molar-refractivity contribution in [2.45, 2.75) is 39.7 Å². The molecule has 0 atom stereocenters. The van der Waals surface area contributed by atoms with E-state index in [9.17, 15) is 9.59 Å². The van der Waals surface area contributed by atoms with Crippen LogP contribution in [-0.4, -0.2) is 24.0 Å². The highest BCUT2D eigenvalue weighted by atomic mass is 16.5. The summed E-state index contributed by atoms with van der Waals surface area (Å²) in [5.41, 5.74) is 1.35. The van der Waals surface area contributed by atoms with Crippen molar-refractivity contribution in [2.75, 3.05) is 11.9 Å². The zero-order chi connectivity index (χ0) is 19.2. The Labute approximate surface area is 154 Å². The maximum absolute atomic E-state index is 12.5. The number of nitrogens with one attached hydrogen (secondary N) is 2. The van der Waals surface area contributed by atoms with Crippen LogP contribution in [0.3, 0.4) is 0 Å². The van der Waals surface area contributed by atoms with Crippen LogP contribution in [-0.2, 0) is 0 Å². The Hall–Kier alpha value is -2.82. The normalized spacial score (nSPS) is 10.9. The molecular formula is C21H26N2O3. The summed E-state index contributed by atoms with van der Waals surface area (Å²) in [5, 5.41) is 5.74. The minimum atomic E-state index is -0.299. The zero-order valence-electron chi connectivity index (χ0n) is 15.8. The molecule has 0 saturated carbocycles. The van der Waals surface area contributed by atoms with Crippen LogP contribution >= 0.6 is 0 Å². The zero-order valence-corrected chi connectivity index (χ0v) is 15.8. The standard InChI is InChI=1S/C21H26N2O3/c1-5-14-26-18-9-7-6-8-17(18)20(25)22-16-12-10-15(11-13-16)19(24)23-21(2,3)4/h6-13H,5,14H2,1-4H3,(H,22,25)(H,23,24). The third-order valence-electron chi connectivity index (χ3n) is 3.49. The Morgan fingerprint density at radius 3 is 2.23 bits per heavy atom. The van der Waals surface area contributed by atoms with Gasteiger partial charge in [0.1, 0.15) is 5.75 Å². The number of rotatable bonds is 6. The quantitative estimate of drug-likeness (QED) is 0.815. The number of ether oxygens (including phenoxy) is 1. The number of hydrogen-bond donors (Lipinski definition) is 2. The van der Waals surface area contributed by atoms with Gasteiger partial charge in [0, 0.05) is 16.8 Å². The number of hydrogen-bond acceptors (Lipinski definition) is 3. The van der Waals surface area contributed by atoms with Gasteiger partial charge in [0.2, 0.25) is 0 Å². The van der Waals surface area contributed by atoms with E-state index in [0.29, 0.717) is 29.2 Å². The summed E-state index contributed by atoms with van der Waals surface area (Å²) in [6, 6.07) is 14.0. The molecule has 2 amide bonds. The van der Waals surface area contributed by atoms with Crippen molar-refractivity contribution in [2.24, 2.45) is 0 Å². The first kappa shape index (κ1) is 19.5. The van der Waals surface area contributed by atoms with E-state index < -0.39 is 0 Å². The van der Waals surface area contributed by atoms with Crippen LogP contribution < -0.4 is 15.4 Å². The van der Waals surface area contributed by atoms with Crippen molar-refractivity contribution in [3.8, 4) is 5.75 Å². The number of para-hydroxylation sites is 1. The molecule has 26 heavy (non-hydrogen) atoms. The highest BCUT2D eigenvalue weighted by Gasteiger charge is 2.16. The van der Waals surface area contributed by atoms with Gasteiger partial charge in [-0.15, -0.1) is 0 Å². The Balaban J connectivity index is 2.07. The molecule has 2 rings (SSSR count). The highest BCUT2D eigenvalue weighted by molar-refractivity contribution is 6.06. The molecule has 0 radical (unpaired) electrons. The Bertz CT molecular complexity index is 762. The molecule has 0 bridgehead atoms. The van der Waals surface area contributed by atoms with Crippen LogP contribution in [0.15, 0.2) is 48.5 Å². The first-order valence-corrected chi connectivity index (χ1v) is 8.76. The van der Waals surface area contributed by atoms with Crippen molar-refractivity contribution >= 4 is 17.5 Å². The number of carbonyl (C=O) groups is 2. The number of amides is 2. The molecule has 5 heteroatoms. The number of benzene rings is 2. The molecule has 0 unspecified atom stereocenters. The summed E-state index contributed by atoms with van der Waals surface area (Å²) in [6.45, 7) is 8.36. The maximum atomic E-state index is 12.5. The topological polar surface area (TPSA) is 67.4 Å². The molecule has 2 aromatic carbocycles. The lowest BCUT2D eigenvalue weighted by molar-refractivity contribution is 0.0919. The number of carbonyl (C=O) groups excluding carboxylic acids is 2. The van der Waals surface area contributed by atoms with E-state index in [2.05, 4.69) is 10.6 Å². The van der Waals surface area contributed by atoms with Crippen molar-refractivity contribution in [1.29, 1.82) is 0 Å². The second kappa shape index (κ2) is 8.52. The lowest BCUT2D eigenvalue weighted by Gasteiger charge is -2.20. The minimum absolute atomic E-state index is 0.145. The van der Waals surface area contributed by atoms with Gasteiger partial charge in [-0.25, -0.2) is 0 Å². The molecule has 0 aliphatic carbocycles. The van der Waals surface area contributed by atoms with Gasteiger partial charge in [0.05, 0.1) is 12.2 Å². The third kappa shape index (κ3) is 5.62. The SMILES string of the molecule is CCCOc1ccccc1C(=O)Nc1ccc(C(=O)NC(C)(C)C)cc1. The van der Waals surface area contributed by atoms with Crippen molar-refractivity contribution < 1.29 is 14.3 Å². The lowest BCUT2D eigenvalue weighted by atomic mass is 10.1. The van der Waals surface area contributed by atoms with Gasteiger partial charge in [0.15, 0.2) is 0 Å². The predicted molar refractivity (Wildman–Crippen MR) is 104 cm³/mol. The van der Waals surface area contributed by atoms with Crippen LogP contribution in [0.2, 0.25) is 0 Å². The monoisotopic (exact) mass is 354 g/mol. The van der Waals surface area contributed by atoms with Gasteiger partial charge < -0.3 is 15.4 Å². The molecule has 0 aliphatic heterocycles. The summed E-state index contributed by atoms with van der Waals surface area (Å²) in [6.07, 6.45) is 0.869. The maximum Gasteiger partial charge on any atom is 0.259 e. The van der Waals surface area contributed by atoms with Crippen molar-refractivity contribution in [3.05, 3.63) is 59.7 Å². The second-order valence-electron chi connectivity index (χ2n) is 7.08. The summed E-state index contributed by atoms with van der Waals surface area (Å²) in [5.74, 6) is 0.172. The van der Waals surface area contributed by atoms with Crippen molar-refractivity contribution in [1.82, 2.24) is 5.32 Å². The molecule has 0 fully saturated rings. The van der Waals surface area contributed by atoms with E-state index in [4.69, 9.17) is 4.74 Å². The van der Waals surface area contributed by atoms with E-state index in [0.717, 1.165) is 6.42 Å². The average Bonchev–Trinajstić information content (AvgIpc) is 2.59. The van der Waals surface area contributed by atoms with Crippen LogP contribution in [0.1, 0.15) is 54.8 Å². The van der Waals surface area contributed by atoms with Gasteiger partial charge in [-0.05, 0) is 63.6 Å². The Kier molecular flexibility index (Phi) is 6.39. The lowest BCUT2D eigenvalue weighted by Crippen LogP contribution is -2.40. The minimum Gasteiger partial charge on any atom is -0.493 e. The van der Waals surface area contributed by atoms with Crippen molar-refractivity contribution in [3.63, 3.8) is 0 Å². The van der Waals surface area contributed by atoms with Gasteiger partial charge in [-0.1, -0.05) is 19.1 Å². The molecule has 0 saturated heterocycles. The molecule has 138 valence electrons. The van der Waals surface area contributed by atoms with E-state index in [1.54, 1.807) is 42.5 Å². The molecule has 0 spiro atoms. The summed E-state index contributed by atoms with van der Waals surface area (Å²) in [4.78, 5) is 24.7. The van der Waals surface area contributed by atoms with E-state index in [1.165, 1.54) is 0 Å². The van der Waals surface area contributed by atoms with Gasteiger partial charge in [-0.3, -0.25) is 9.59 Å². The predicted octanol–water partition coefficient (Wildman–Crippen LogP) is 4.26. The first-order chi connectivity index (χ1) is 12.3. The average molecular weight is 354 g/mol. The summed E-state index contributed by atoms with van der Waals surface area (Å²) >= 11 is 0. The fourth-order valence-electron chi connectivity index (χ4n) is 2.31. The third-order valence-corrected chi connectivity index (χ3v) is 3.49. The molecule has 2 aromatic rings. The molecular weight excluding hydrogens is 328 g/mol. The van der Waals surface area contributed by atoms with Crippen LogP contribution in [0, 0.1) is 0 Å². The largest absolute Gasteiger partial charge is 0.493 e. The fraction of sp³-hybridized carbons (Fsp3) is 0.333.